The van der Waals surface area contributed by atoms with Crippen molar-refractivity contribution in [2.24, 2.45) is 5.41 Å². The normalized spacial score (nSPS) is 23.7. The third-order valence-electron chi connectivity index (χ3n) is 3.38. The highest BCUT2D eigenvalue weighted by molar-refractivity contribution is 5.92. The highest BCUT2D eigenvalue weighted by Crippen LogP contribution is 2.30. The lowest BCUT2D eigenvalue weighted by molar-refractivity contribution is -0.150. The molecule has 0 aromatic carbocycles. The molecule has 2 rings (SSSR count). The Balaban J connectivity index is 2.15. The number of amides is 1. The van der Waals surface area contributed by atoms with Gasteiger partial charge in [0.05, 0.1) is 5.41 Å². The fourth-order valence-corrected chi connectivity index (χ4v) is 2.24. The maximum Gasteiger partial charge on any atom is 0.311 e. The van der Waals surface area contributed by atoms with Gasteiger partial charge in [0.25, 0.3) is 5.91 Å². The van der Waals surface area contributed by atoms with E-state index in [9.17, 15) is 14.7 Å². The topological polar surface area (TPSA) is 70.5 Å². The smallest absolute Gasteiger partial charge is 0.311 e. The molecule has 1 aliphatic heterocycles. The number of carboxylic acids is 1. The summed E-state index contributed by atoms with van der Waals surface area (Å²) in [4.78, 5) is 29.0. The third-order valence-corrected chi connectivity index (χ3v) is 3.38. The Bertz CT molecular complexity index is 461. The number of pyridine rings is 1. The second kappa shape index (κ2) is 4.76. The van der Waals surface area contributed by atoms with E-state index in [1.165, 1.54) is 0 Å². The third kappa shape index (κ3) is 2.34. The lowest BCUT2D eigenvalue weighted by Crippen LogP contribution is -2.48. The minimum atomic E-state index is -0.846. The maximum atomic E-state index is 12.2. The van der Waals surface area contributed by atoms with Crippen LogP contribution in [0.2, 0.25) is 0 Å². The monoisotopic (exact) mass is 248 g/mol. The fourth-order valence-electron chi connectivity index (χ4n) is 2.24. The van der Waals surface area contributed by atoms with Gasteiger partial charge in [-0.15, -0.1) is 0 Å². The number of carbonyl (C=O) groups excluding carboxylic acids is 1. The summed E-state index contributed by atoms with van der Waals surface area (Å²) in [5.41, 5.74) is -0.477. The fraction of sp³-hybridized carbons (Fsp3) is 0.462. The molecule has 2 heterocycles. The molecule has 1 N–H and O–H groups in total. The van der Waals surface area contributed by atoms with Crippen LogP contribution in [0.5, 0.6) is 0 Å². The van der Waals surface area contributed by atoms with E-state index < -0.39 is 11.4 Å². The minimum absolute atomic E-state index is 0.192. The molecule has 1 aliphatic rings. The molecule has 1 saturated heterocycles. The second-order valence-electron chi connectivity index (χ2n) is 4.91. The van der Waals surface area contributed by atoms with Gasteiger partial charge in [-0.3, -0.25) is 14.6 Å². The van der Waals surface area contributed by atoms with Gasteiger partial charge in [-0.1, -0.05) is 6.07 Å². The number of rotatable bonds is 2. The molecule has 1 aromatic heterocycles. The van der Waals surface area contributed by atoms with E-state index in [2.05, 4.69) is 4.98 Å². The Morgan fingerprint density at radius 3 is 2.83 bits per heavy atom. The van der Waals surface area contributed by atoms with E-state index in [1.807, 2.05) is 0 Å². The van der Waals surface area contributed by atoms with Crippen molar-refractivity contribution in [3.63, 3.8) is 0 Å². The molecule has 5 heteroatoms. The van der Waals surface area contributed by atoms with Crippen LogP contribution in [0.4, 0.5) is 0 Å². The molecular weight excluding hydrogens is 232 g/mol. The summed E-state index contributed by atoms with van der Waals surface area (Å²) < 4.78 is 0. The summed E-state index contributed by atoms with van der Waals surface area (Å²) in [5, 5.41) is 9.21. The zero-order valence-corrected chi connectivity index (χ0v) is 10.3. The number of hydrogen-bond donors (Lipinski definition) is 1. The van der Waals surface area contributed by atoms with Gasteiger partial charge in [0, 0.05) is 19.3 Å². The number of carboxylic acid groups (broad SMARTS) is 1. The molecule has 1 fully saturated rings. The maximum absolute atomic E-state index is 12.2. The Kier molecular flexibility index (Phi) is 3.32. The van der Waals surface area contributed by atoms with Gasteiger partial charge >= 0.3 is 5.97 Å². The van der Waals surface area contributed by atoms with Crippen molar-refractivity contribution in [1.82, 2.24) is 9.88 Å². The summed E-state index contributed by atoms with van der Waals surface area (Å²) >= 11 is 0. The Morgan fingerprint density at radius 2 is 2.22 bits per heavy atom. The van der Waals surface area contributed by atoms with Crippen LogP contribution >= 0.6 is 0 Å². The molecule has 96 valence electrons. The van der Waals surface area contributed by atoms with Crippen molar-refractivity contribution in [3.05, 3.63) is 30.1 Å². The molecule has 0 saturated carbocycles. The molecule has 1 unspecified atom stereocenters. The van der Waals surface area contributed by atoms with Crippen LogP contribution in [-0.2, 0) is 4.79 Å². The van der Waals surface area contributed by atoms with Crippen LogP contribution in [0.1, 0.15) is 30.3 Å². The summed E-state index contributed by atoms with van der Waals surface area (Å²) in [6, 6.07) is 5.14. The molecule has 18 heavy (non-hydrogen) atoms. The van der Waals surface area contributed by atoms with Gasteiger partial charge < -0.3 is 10.0 Å². The number of carbonyl (C=O) groups is 2. The van der Waals surface area contributed by atoms with Crippen LogP contribution in [0, 0.1) is 5.41 Å². The lowest BCUT2D eigenvalue weighted by Gasteiger charge is -2.37. The Hall–Kier alpha value is -1.91. The molecule has 1 atom stereocenters. The Labute approximate surface area is 105 Å². The largest absolute Gasteiger partial charge is 0.481 e. The predicted molar refractivity (Wildman–Crippen MR) is 65.1 cm³/mol. The molecule has 0 spiro atoms. The number of aromatic nitrogens is 1. The first kappa shape index (κ1) is 12.5. The highest BCUT2D eigenvalue weighted by Gasteiger charge is 2.39. The minimum Gasteiger partial charge on any atom is -0.481 e. The van der Waals surface area contributed by atoms with Crippen molar-refractivity contribution in [1.29, 1.82) is 0 Å². The second-order valence-corrected chi connectivity index (χ2v) is 4.91. The quantitative estimate of drug-likeness (QED) is 0.859. The van der Waals surface area contributed by atoms with Crippen molar-refractivity contribution in [3.8, 4) is 0 Å². The molecule has 1 amide bonds. The van der Waals surface area contributed by atoms with Gasteiger partial charge in [0.15, 0.2) is 0 Å². The number of nitrogens with zero attached hydrogens (tertiary/aromatic N) is 2. The highest BCUT2D eigenvalue weighted by atomic mass is 16.4. The van der Waals surface area contributed by atoms with Crippen LogP contribution < -0.4 is 0 Å². The standard InChI is InChI=1S/C13H16N2O3/c1-13(12(17)18)6-4-8-15(9-13)11(16)10-5-2-3-7-14-10/h2-3,5,7H,4,6,8-9H2,1H3,(H,17,18). The first-order chi connectivity index (χ1) is 8.53. The predicted octanol–water partition coefficient (Wildman–Crippen LogP) is 1.41. The summed E-state index contributed by atoms with van der Waals surface area (Å²) in [6.07, 6.45) is 2.88. The van der Waals surface area contributed by atoms with Crippen molar-refractivity contribution in [2.45, 2.75) is 19.8 Å². The van der Waals surface area contributed by atoms with Crippen LogP contribution in [-0.4, -0.2) is 40.0 Å². The van der Waals surface area contributed by atoms with Crippen LogP contribution in [0.15, 0.2) is 24.4 Å². The number of aliphatic carboxylic acids is 1. The molecule has 5 nitrogen and oxygen atoms in total. The summed E-state index contributed by atoms with van der Waals surface area (Å²) in [7, 11) is 0. The van der Waals surface area contributed by atoms with E-state index >= 15 is 0 Å². The van der Waals surface area contributed by atoms with Gasteiger partial charge in [0.1, 0.15) is 5.69 Å². The van der Waals surface area contributed by atoms with Crippen molar-refractivity contribution >= 4 is 11.9 Å². The molecular formula is C13H16N2O3. The van der Waals surface area contributed by atoms with Gasteiger partial charge in [-0.25, -0.2) is 0 Å². The zero-order valence-electron chi connectivity index (χ0n) is 10.3. The number of piperidine rings is 1. The Morgan fingerprint density at radius 1 is 1.44 bits per heavy atom. The van der Waals surface area contributed by atoms with Gasteiger partial charge in [-0.05, 0) is 31.9 Å². The van der Waals surface area contributed by atoms with Crippen LogP contribution in [0.25, 0.3) is 0 Å². The van der Waals surface area contributed by atoms with Gasteiger partial charge in [-0.2, -0.15) is 0 Å². The van der Waals surface area contributed by atoms with E-state index in [4.69, 9.17) is 0 Å². The molecule has 0 bridgehead atoms. The van der Waals surface area contributed by atoms with Crippen LogP contribution in [0.3, 0.4) is 0 Å². The van der Waals surface area contributed by atoms with E-state index in [-0.39, 0.29) is 12.5 Å². The van der Waals surface area contributed by atoms with Crippen molar-refractivity contribution < 1.29 is 14.7 Å². The average Bonchev–Trinajstić information content (AvgIpc) is 2.39. The molecule has 0 radical (unpaired) electrons. The first-order valence-electron chi connectivity index (χ1n) is 5.97. The van der Waals surface area contributed by atoms with E-state index in [0.29, 0.717) is 25.1 Å². The van der Waals surface area contributed by atoms with Crippen molar-refractivity contribution in [2.75, 3.05) is 13.1 Å². The number of hydrogen-bond acceptors (Lipinski definition) is 3. The summed E-state index contributed by atoms with van der Waals surface area (Å²) in [6.45, 7) is 2.53. The first-order valence-corrected chi connectivity index (χ1v) is 5.97. The lowest BCUT2D eigenvalue weighted by atomic mass is 9.82. The zero-order chi connectivity index (χ0) is 13.2. The van der Waals surface area contributed by atoms with Gasteiger partial charge in [0.2, 0.25) is 0 Å². The summed E-state index contributed by atoms with van der Waals surface area (Å²) in [5.74, 6) is -1.04. The molecule has 0 aliphatic carbocycles. The average molecular weight is 248 g/mol. The van der Waals surface area contributed by atoms with E-state index in [0.717, 1.165) is 0 Å². The van der Waals surface area contributed by atoms with E-state index in [1.54, 1.807) is 36.2 Å². The number of likely N-dealkylation sites (tertiary alicyclic amines) is 1. The SMILES string of the molecule is CC1(C(=O)O)CCCN(C(=O)c2ccccn2)C1. The molecule has 1 aromatic rings.